The number of nitrogens with zero attached hydrogens (tertiary/aromatic N) is 1. The number of hydrogen-bond acceptors (Lipinski definition) is 2. The van der Waals surface area contributed by atoms with Gasteiger partial charge in [0.25, 0.3) is 0 Å². The molecule has 1 aliphatic heterocycles. The third-order valence-electron chi connectivity index (χ3n) is 3.17. The van der Waals surface area contributed by atoms with E-state index in [1.807, 2.05) is 13.8 Å². The van der Waals surface area contributed by atoms with Gasteiger partial charge in [-0.2, -0.15) is 0 Å². The van der Waals surface area contributed by atoms with E-state index in [1.165, 1.54) is 6.42 Å². The SMILES string of the molecule is CC1CCN(C(C)(C)C=O)C1C. The summed E-state index contributed by atoms with van der Waals surface area (Å²) in [4.78, 5) is 13.1. The molecule has 0 radical (unpaired) electrons. The topological polar surface area (TPSA) is 20.3 Å². The maximum atomic E-state index is 10.8. The summed E-state index contributed by atoms with van der Waals surface area (Å²) in [5.74, 6) is 0.726. The summed E-state index contributed by atoms with van der Waals surface area (Å²) in [5, 5.41) is 0. The van der Waals surface area contributed by atoms with E-state index < -0.39 is 0 Å². The largest absolute Gasteiger partial charge is 0.301 e. The second kappa shape index (κ2) is 3.17. The van der Waals surface area contributed by atoms with Crippen LogP contribution in [0.25, 0.3) is 0 Å². The van der Waals surface area contributed by atoms with Crippen LogP contribution in [-0.4, -0.2) is 29.3 Å². The molecule has 0 aliphatic carbocycles. The first-order chi connectivity index (χ1) is 5.49. The van der Waals surface area contributed by atoms with Gasteiger partial charge in [0.1, 0.15) is 6.29 Å². The molecule has 0 N–H and O–H groups in total. The molecule has 1 fully saturated rings. The van der Waals surface area contributed by atoms with Gasteiger partial charge in [-0.3, -0.25) is 4.90 Å². The molecular formula is C10H19NO. The lowest BCUT2D eigenvalue weighted by atomic mass is 10.0. The molecule has 0 aromatic rings. The van der Waals surface area contributed by atoms with Gasteiger partial charge in [0.2, 0.25) is 0 Å². The Bertz CT molecular complexity index is 177. The van der Waals surface area contributed by atoms with Crippen molar-refractivity contribution in [3.05, 3.63) is 0 Å². The number of carbonyl (C=O) groups excluding carboxylic acids is 1. The van der Waals surface area contributed by atoms with Crippen LogP contribution in [0.5, 0.6) is 0 Å². The van der Waals surface area contributed by atoms with E-state index in [0.29, 0.717) is 6.04 Å². The van der Waals surface area contributed by atoms with Crippen molar-refractivity contribution >= 4 is 6.29 Å². The van der Waals surface area contributed by atoms with Crippen LogP contribution < -0.4 is 0 Å². The highest BCUT2D eigenvalue weighted by molar-refractivity contribution is 5.62. The van der Waals surface area contributed by atoms with Crippen molar-refractivity contribution in [3.8, 4) is 0 Å². The van der Waals surface area contributed by atoms with Crippen LogP contribution in [-0.2, 0) is 4.79 Å². The van der Waals surface area contributed by atoms with E-state index in [4.69, 9.17) is 0 Å². The monoisotopic (exact) mass is 169 g/mol. The molecule has 2 heteroatoms. The molecule has 2 nitrogen and oxygen atoms in total. The number of aldehydes is 1. The molecular weight excluding hydrogens is 150 g/mol. The Morgan fingerprint density at radius 3 is 2.33 bits per heavy atom. The van der Waals surface area contributed by atoms with Crippen LogP contribution in [0.3, 0.4) is 0 Å². The first kappa shape index (κ1) is 9.72. The third kappa shape index (κ3) is 1.53. The summed E-state index contributed by atoms with van der Waals surface area (Å²) in [6, 6.07) is 0.546. The Hall–Kier alpha value is -0.370. The molecule has 1 aliphatic rings. The van der Waals surface area contributed by atoms with Crippen molar-refractivity contribution in [2.45, 2.75) is 45.7 Å². The molecule has 2 atom stereocenters. The minimum Gasteiger partial charge on any atom is -0.301 e. The lowest BCUT2D eigenvalue weighted by Crippen LogP contribution is -2.47. The van der Waals surface area contributed by atoms with Gasteiger partial charge < -0.3 is 4.79 Å². The molecule has 1 heterocycles. The second-order valence-corrected chi connectivity index (χ2v) is 4.47. The van der Waals surface area contributed by atoms with Gasteiger partial charge in [-0.25, -0.2) is 0 Å². The number of hydrogen-bond donors (Lipinski definition) is 0. The van der Waals surface area contributed by atoms with Gasteiger partial charge >= 0.3 is 0 Å². The number of likely N-dealkylation sites (tertiary alicyclic amines) is 1. The zero-order valence-electron chi connectivity index (χ0n) is 8.50. The van der Waals surface area contributed by atoms with Crippen molar-refractivity contribution in [1.29, 1.82) is 0 Å². The average molecular weight is 169 g/mol. The molecule has 1 saturated heterocycles. The zero-order valence-corrected chi connectivity index (χ0v) is 8.50. The zero-order chi connectivity index (χ0) is 9.35. The van der Waals surface area contributed by atoms with Crippen LogP contribution >= 0.6 is 0 Å². The fourth-order valence-corrected chi connectivity index (χ4v) is 1.98. The molecule has 0 amide bonds. The van der Waals surface area contributed by atoms with E-state index in [0.717, 1.165) is 18.7 Å². The maximum Gasteiger partial charge on any atom is 0.139 e. The predicted molar refractivity (Wildman–Crippen MR) is 50.1 cm³/mol. The predicted octanol–water partition coefficient (Wildman–Crippen LogP) is 1.69. The fraction of sp³-hybridized carbons (Fsp3) is 0.900. The molecule has 12 heavy (non-hydrogen) atoms. The van der Waals surface area contributed by atoms with E-state index in [9.17, 15) is 4.79 Å². The first-order valence-corrected chi connectivity index (χ1v) is 4.72. The highest BCUT2D eigenvalue weighted by Crippen LogP contribution is 2.29. The minimum atomic E-state index is -0.274. The van der Waals surface area contributed by atoms with Gasteiger partial charge in [-0.05, 0) is 39.7 Å². The molecule has 2 unspecified atom stereocenters. The molecule has 0 aromatic carbocycles. The number of rotatable bonds is 2. The fourth-order valence-electron chi connectivity index (χ4n) is 1.98. The van der Waals surface area contributed by atoms with Crippen molar-refractivity contribution in [1.82, 2.24) is 4.90 Å². The Labute approximate surface area is 74.9 Å². The van der Waals surface area contributed by atoms with Crippen molar-refractivity contribution < 1.29 is 4.79 Å². The van der Waals surface area contributed by atoms with Gasteiger partial charge in [-0.15, -0.1) is 0 Å². The van der Waals surface area contributed by atoms with Crippen LogP contribution in [0.2, 0.25) is 0 Å². The van der Waals surface area contributed by atoms with Crippen LogP contribution in [0.4, 0.5) is 0 Å². The lowest BCUT2D eigenvalue weighted by Gasteiger charge is -2.34. The van der Waals surface area contributed by atoms with Crippen LogP contribution in [0, 0.1) is 5.92 Å². The highest BCUT2D eigenvalue weighted by atomic mass is 16.1. The highest BCUT2D eigenvalue weighted by Gasteiger charge is 2.36. The van der Waals surface area contributed by atoms with E-state index in [-0.39, 0.29) is 5.54 Å². The first-order valence-electron chi connectivity index (χ1n) is 4.72. The smallest absolute Gasteiger partial charge is 0.139 e. The van der Waals surface area contributed by atoms with E-state index in [2.05, 4.69) is 18.7 Å². The quantitative estimate of drug-likeness (QED) is 0.586. The summed E-state index contributed by atoms with van der Waals surface area (Å²) in [7, 11) is 0. The summed E-state index contributed by atoms with van der Waals surface area (Å²) < 4.78 is 0. The Morgan fingerprint density at radius 2 is 2.00 bits per heavy atom. The standard InChI is InChI=1S/C10H19NO/c1-8-5-6-11(9(8)2)10(3,4)7-12/h7-9H,5-6H2,1-4H3. The molecule has 0 saturated carbocycles. The molecule has 0 aromatic heterocycles. The Balaban J connectivity index is 2.71. The van der Waals surface area contributed by atoms with Crippen LogP contribution in [0.15, 0.2) is 0 Å². The second-order valence-electron chi connectivity index (χ2n) is 4.47. The van der Waals surface area contributed by atoms with E-state index in [1.54, 1.807) is 0 Å². The van der Waals surface area contributed by atoms with Gasteiger partial charge in [0, 0.05) is 6.04 Å². The van der Waals surface area contributed by atoms with Crippen molar-refractivity contribution in [2.24, 2.45) is 5.92 Å². The Morgan fingerprint density at radius 1 is 1.42 bits per heavy atom. The Kier molecular flexibility index (Phi) is 2.57. The summed E-state index contributed by atoms with van der Waals surface area (Å²) >= 11 is 0. The molecule has 0 spiro atoms. The minimum absolute atomic E-state index is 0.274. The summed E-state index contributed by atoms with van der Waals surface area (Å²) in [6.45, 7) is 9.52. The van der Waals surface area contributed by atoms with Crippen molar-refractivity contribution in [3.63, 3.8) is 0 Å². The lowest BCUT2D eigenvalue weighted by molar-refractivity contribution is -0.117. The molecule has 0 bridgehead atoms. The van der Waals surface area contributed by atoms with Crippen LogP contribution in [0.1, 0.15) is 34.1 Å². The molecule has 1 rings (SSSR count). The maximum absolute atomic E-state index is 10.8. The van der Waals surface area contributed by atoms with Gasteiger partial charge in [0.15, 0.2) is 0 Å². The third-order valence-corrected chi connectivity index (χ3v) is 3.17. The number of carbonyl (C=O) groups is 1. The van der Waals surface area contributed by atoms with Gasteiger partial charge in [-0.1, -0.05) is 6.92 Å². The average Bonchev–Trinajstić information content (AvgIpc) is 2.33. The normalized spacial score (nSPS) is 32.3. The van der Waals surface area contributed by atoms with Gasteiger partial charge in [0.05, 0.1) is 5.54 Å². The summed E-state index contributed by atoms with van der Waals surface area (Å²) in [6.07, 6.45) is 2.28. The molecule has 70 valence electrons. The van der Waals surface area contributed by atoms with Crippen molar-refractivity contribution in [2.75, 3.05) is 6.54 Å². The summed E-state index contributed by atoms with van der Waals surface area (Å²) in [5.41, 5.74) is -0.274. The van der Waals surface area contributed by atoms with E-state index >= 15 is 0 Å².